The molecule has 1 heterocycles. The van der Waals surface area contributed by atoms with Crippen molar-refractivity contribution in [1.82, 2.24) is 10.3 Å². The summed E-state index contributed by atoms with van der Waals surface area (Å²) in [6.45, 7) is 3.86. The van der Waals surface area contributed by atoms with Gasteiger partial charge < -0.3 is 10.1 Å². The van der Waals surface area contributed by atoms with E-state index in [0.29, 0.717) is 0 Å². The van der Waals surface area contributed by atoms with Crippen LogP contribution in [0.5, 0.6) is 5.75 Å². The second-order valence-electron chi connectivity index (χ2n) is 3.71. The van der Waals surface area contributed by atoms with E-state index in [0.717, 1.165) is 30.2 Å². The lowest BCUT2D eigenvalue weighted by molar-refractivity contribution is 0.412. The molecule has 0 atom stereocenters. The number of alkyl halides is 1. The van der Waals surface area contributed by atoms with Gasteiger partial charge in [0.15, 0.2) is 0 Å². The van der Waals surface area contributed by atoms with E-state index in [2.05, 4.69) is 32.9 Å². The van der Waals surface area contributed by atoms with E-state index in [-0.39, 0.29) is 0 Å². The molecule has 0 aromatic carbocycles. The monoisotopic (exact) mass is 334 g/mol. The van der Waals surface area contributed by atoms with Crippen LogP contribution in [0.25, 0.3) is 0 Å². The smallest absolute Gasteiger partial charge is 0.122 e. The fourth-order valence-corrected chi connectivity index (χ4v) is 2.01. The fraction of sp³-hybridized carbons (Fsp3) is 0.583. The Balaban J connectivity index is 2.38. The average Bonchev–Trinajstić information content (AvgIpc) is 2.28. The van der Waals surface area contributed by atoms with Crippen LogP contribution in [0.15, 0.2) is 12.1 Å². The molecule has 0 amide bonds. The van der Waals surface area contributed by atoms with Gasteiger partial charge in [-0.25, -0.2) is 0 Å². The molecule has 16 heavy (non-hydrogen) atoms. The Labute approximate surface area is 111 Å². The molecule has 0 fully saturated rings. The third-order valence-corrected chi connectivity index (χ3v) is 3.02. The summed E-state index contributed by atoms with van der Waals surface area (Å²) in [5.41, 5.74) is 2.05. The lowest BCUT2D eigenvalue weighted by atomic mass is 10.3. The summed E-state index contributed by atoms with van der Waals surface area (Å²) in [6.07, 6.45) is 2.50. The van der Waals surface area contributed by atoms with Crippen molar-refractivity contribution in [3.8, 4) is 5.75 Å². The average molecular weight is 334 g/mol. The zero-order valence-corrected chi connectivity index (χ0v) is 12.1. The number of hydrogen-bond donors (Lipinski definition) is 1. The Morgan fingerprint density at radius 3 is 2.88 bits per heavy atom. The molecule has 1 N–H and O–H groups in total. The molecule has 0 unspecified atom stereocenters. The number of hydrogen-bond acceptors (Lipinski definition) is 3. The molecule has 0 radical (unpaired) electrons. The number of rotatable bonds is 7. The molecule has 1 aromatic rings. The normalized spacial score (nSPS) is 10.4. The lowest BCUT2D eigenvalue weighted by Gasteiger charge is -2.07. The first-order valence-corrected chi connectivity index (χ1v) is 7.07. The molecular formula is C12H19IN2O. The van der Waals surface area contributed by atoms with E-state index in [1.807, 2.05) is 19.1 Å². The van der Waals surface area contributed by atoms with Crippen LogP contribution in [-0.2, 0) is 6.54 Å². The molecule has 0 aliphatic heterocycles. The summed E-state index contributed by atoms with van der Waals surface area (Å²) in [4.78, 5) is 4.46. The predicted octanol–water partition coefficient (Wildman–Crippen LogP) is 2.70. The Morgan fingerprint density at radius 1 is 1.38 bits per heavy atom. The van der Waals surface area contributed by atoms with Crippen molar-refractivity contribution in [2.75, 3.05) is 18.1 Å². The molecule has 1 rings (SSSR count). The number of nitrogens with one attached hydrogen (secondary N) is 1. The van der Waals surface area contributed by atoms with E-state index in [1.54, 1.807) is 7.11 Å². The number of nitrogens with zero attached hydrogens (tertiary/aromatic N) is 1. The molecule has 1 aromatic heterocycles. The van der Waals surface area contributed by atoms with E-state index < -0.39 is 0 Å². The minimum Gasteiger partial charge on any atom is -0.497 e. The van der Waals surface area contributed by atoms with Crippen LogP contribution in [-0.4, -0.2) is 23.1 Å². The maximum atomic E-state index is 5.21. The first-order chi connectivity index (χ1) is 7.76. The zero-order chi connectivity index (χ0) is 11.8. The largest absolute Gasteiger partial charge is 0.497 e. The Bertz CT molecular complexity index is 318. The number of pyridine rings is 1. The summed E-state index contributed by atoms with van der Waals surface area (Å²) >= 11 is 2.41. The second-order valence-corrected chi connectivity index (χ2v) is 4.79. The van der Waals surface area contributed by atoms with Crippen molar-refractivity contribution in [2.45, 2.75) is 26.3 Å². The summed E-state index contributed by atoms with van der Waals surface area (Å²) < 4.78 is 6.44. The zero-order valence-electron chi connectivity index (χ0n) is 9.92. The van der Waals surface area contributed by atoms with Crippen molar-refractivity contribution < 1.29 is 4.74 Å². The van der Waals surface area contributed by atoms with Crippen LogP contribution in [0, 0.1) is 6.92 Å². The van der Waals surface area contributed by atoms with E-state index in [4.69, 9.17) is 4.74 Å². The van der Waals surface area contributed by atoms with E-state index in [9.17, 15) is 0 Å². The Morgan fingerprint density at radius 2 is 2.19 bits per heavy atom. The SMILES string of the molecule is COc1cc(C)nc(CNCCCCI)c1. The first kappa shape index (κ1) is 13.7. The van der Waals surface area contributed by atoms with Crippen LogP contribution in [0.2, 0.25) is 0 Å². The highest BCUT2D eigenvalue weighted by Crippen LogP contribution is 2.12. The van der Waals surface area contributed by atoms with Gasteiger partial charge in [0.05, 0.1) is 12.8 Å². The van der Waals surface area contributed by atoms with Crippen LogP contribution < -0.4 is 10.1 Å². The van der Waals surface area contributed by atoms with Crippen LogP contribution in [0.3, 0.4) is 0 Å². The Hall–Kier alpha value is -0.360. The maximum absolute atomic E-state index is 5.21. The molecule has 3 nitrogen and oxygen atoms in total. The molecule has 90 valence electrons. The summed E-state index contributed by atoms with van der Waals surface area (Å²) in [6, 6.07) is 3.93. The van der Waals surface area contributed by atoms with Gasteiger partial charge in [-0.05, 0) is 30.7 Å². The minimum absolute atomic E-state index is 0.819. The molecule has 0 bridgehead atoms. The maximum Gasteiger partial charge on any atom is 0.122 e. The van der Waals surface area contributed by atoms with E-state index >= 15 is 0 Å². The molecule has 0 aliphatic rings. The number of aromatic nitrogens is 1. The van der Waals surface area contributed by atoms with Crippen molar-refractivity contribution in [3.05, 3.63) is 23.5 Å². The molecule has 4 heteroatoms. The van der Waals surface area contributed by atoms with Gasteiger partial charge >= 0.3 is 0 Å². The van der Waals surface area contributed by atoms with Gasteiger partial charge in [-0.1, -0.05) is 22.6 Å². The topological polar surface area (TPSA) is 34.1 Å². The molecule has 0 saturated carbocycles. The fourth-order valence-electron chi connectivity index (χ4n) is 1.47. The predicted molar refractivity (Wildman–Crippen MR) is 75.4 cm³/mol. The van der Waals surface area contributed by atoms with E-state index in [1.165, 1.54) is 17.3 Å². The van der Waals surface area contributed by atoms with Crippen molar-refractivity contribution in [1.29, 1.82) is 0 Å². The lowest BCUT2D eigenvalue weighted by Crippen LogP contribution is -2.16. The number of ether oxygens (including phenoxy) is 1. The van der Waals surface area contributed by atoms with Gasteiger partial charge in [0, 0.05) is 24.4 Å². The minimum atomic E-state index is 0.819. The van der Waals surface area contributed by atoms with Crippen molar-refractivity contribution >= 4 is 22.6 Å². The van der Waals surface area contributed by atoms with Gasteiger partial charge in [-0.2, -0.15) is 0 Å². The van der Waals surface area contributed by atoms with Gasteiger partial charge in [-0.3, -0.25) is 4.98 Å². The van der Waals surface area contributed by atoms with Gasteiger partial charge in [-0.15, -0.1) is 0 Å². The first-order valence-electron chi connectivity index (χ1n) is 5.54. The Kier molecular flexibility index (Phi) is 6.71. The number of halogens is 1. The van der Waals surface area contributed by atoms with Gasteiger partial charge in [0.25, 0.3) is 0 Å². The highest BCUT2D eigenvalue weighted by Gasteiger charge is 1.99. The number of aryl methyl sites for hydroxylation is 1. The number of unbranched alkanes of at least 4 members (excludes halogenated alkanes) is 1. The third kappa shape index (κ3) is 5.12. The van der Waals surface area contributed by atoms with Crippen molar-refractivity contribution in [3.63, 3.8) is 0 Å². The summed E-state index contributed by atoms with van der Waals surface area (Å²) in [7, 11) is 1.69. The summed E-state index contributed by atoms with van der Waals surface area (Å²) in [5.74, 6) is 0.886. The second kappa shape index (κ2) is 7.84. The standard InChI is InChI=1S/C12H19IN2O/c1-10-7-12(16-2)8-11(15-10)9-14-6-4-3-5-13/h7-8,14H,3-6,9H2,1-2H3. The van der Waals surface area contributed by atoms with Crippen LogP contribution in [0.4, 0.5) is 0 Å². The summed E-state index contributed by atoms with van der Waals surface area (Å²) in [5, 5.41) is 3.39. The van der Waals surface area contributed by atoms with Crippen LogP contribution in [0.1, 0.15) is 24.2 Å². The quantitative estimate of drug-likeness (QED) is 0.473. The molecule has 0 saturated heterocycles. The third-order valence-electron chi connectivity index (χ3n) is 2.26. The molecular weight excluding hydrogens is 315 g/mol. The highest BCUT2D eigenvalue weighted by atomic mass is 127. The van der Waals surface area contributed by atoms with Gasteiger partial charge in [0.2, 0.25) is 0 Å². The van der Waals surface area contributed by atoms with Crippen LogP contribution >= 0.6 is 22.6 Å². The highest BCUT2D eigenvalue weighted by molar-refractivity contribution is 14.1. The molecule has 0 spiro atoms. The molecule has 0 aliphatic carbocycles. The van der Waals surface area contributed by atoms with Gasteiger partial charge in [0.1, 0.15) is 5.75 Å². The number of methoxy groups -OCH3 is 1. The van der Waals surface area contributed by atoms with Crippen molar-refractivity contribution in [2.24, 2.45) is 0 Å².